The Morgan fingerprint density at radius 1 is 1.33 bits per heavy atom. The number of aromatic hydroxyl groups is 1. The molecule has 2 N–H and O–H groups in total. The molecule has 1 aliphatic heterocycles. The van der Waals surface area contributed by atoms with Crippen LogP contribution in [0.1, 0.15) is 12.5 Å². The van der Waals surface area contributed by atoms with Crippen LogP contribution in [0.2, 0.25) is 0 Å². The Morgan fingerprint density at radius 3 is 2.67 bits per heavy atom. The summed E-state index contributed by atoms with van der Waals surface area (Å²) in [5.41, 5.74) is 0.824. The maximum Gasteiger partial charge on any atom is 0.231 e. The van der Waals surface area contributed by atoms with E-state index >= 15 is 0 Å². The van der Waals surface area contributed by atoms with Crippen LogP contribution in [0.25, 0.3) is 0 Å². The summed E-state index contributed by atoms with van der Waals surface area (Å²) in [4.78, 5) is 2.12. The van der Waals surface area contributed by atoms with E-state index in [9.17, 15) is 5.11 Å². The Kier molecular flexibility index (Phi) is 3.93. The van der Waals surface area contributed by atoms with E-state index in [2.05, 4.69) is 17.1 Å². The van der Waals surface area contributed by atoms with Gasteiger partial charge in [-0.1, -0.05) is 0 Å². The van der Waals surface area contributed by atoms with Gasteiger partial charge in [0, 0.05) is 30.8 Å². The molecule has 0 bridgehead atoms. The number of benzene rings is 1. The van der Waals surface area contributed by atoms with E-state index < -0.39 is 0 Å². The van der Waals surface area contributed by atoms with Crippen LogP contribution in [-0.4, -0.2) is 43.5 Å². The SMILES string of the molecule is CC(CN(C)C)NCc1cc2c(cc1O)OCO2. The van der Waals surface area contributed by atoms with E-state index in [0.717, 1.165) is 12.1 Å². The van der Waals surface area contributed by atoms with E-state index in [1.54, 1.807) is 6.07 Å². The van der Waals surface area contributed by atoms with Crippen molar-refractivity contribution in [3.8, 4) is 17.2 Å². The molecule has 1 unspecified atom stereocenters. The molecule has 1 aromatic carbocycles. The molecule has 100 valence electrons. The number of fused-ring (bicyclic) bond motifs is 1. The molecule has 1 aliphatic rings. The van der Waals surface area contributed by atoms with Gasteiger partial charge in [0.15, 0.2) is 11.5 Å². The molecule has 0 spiro atoms. The molecule has 1 atom stereocenters. The van der Waals surface area contributed by atoms with Crippen LogP contribution in [0, 0.1) is 0 Å². The van der Waals surface area contributed by atoms with Crippen molar-refractivity contribution in [1.29, 1.82) is 0 Å². The molecule has 0 aliphatic carbocycles. The van der Waals surface area contributed by atoms with Crippen molar-refractivity contribution in [3.05, 3.63) is 17.7 Å². The van der Waals surface area contributed by atoms with Gasteiger partial charge in [-0.25, -0.2) is 0 Å². The van der Waals surface area contributed by atoms with Crippen molar-refractivity contribution in [1.82, 2.24) is 10.2 Å². The Morgan fingerprint density at radius 2 is 2.00 bits per heavy atom. The fourth-order valence-electron chi connectivity index (χ4n) is 2.01. The highest BCUT2D eigenvalue weighted by Crippen LogP contribution is 2.37. The highest BCUT2D eigenvalue weighted by molar-refractivity contribution is 5.51. The van der Waals surface area contributed by atoms with Crippen LogP contribution in [0.4, 0.5) is 0 Å². The molecule has 0 saturated heterocycles. The summed E-state index contributed by atoms with van der Waals surface area (Å²) in [6, 6.07) is 3.79. The minimum Gasteiger partial charge on any atom is -0.507 e. The number of hydrogen-bond donors (Lipinski definition) is 2. The largest absolute Gasteiger partial charge is 0.507 e. The summed E-state index contributed by atoms with van der Waals surface area (Å²) in [6.45, 7) is 3.90. The quantitative estimate of drug-likeness (QED) is 0.823. The highest BCUT2D eigenvalue weighted by Gasteiger charge is 2.17. The predicted octanol–water partition coefficient (Wildman–Crippen LogP) is 1.16. The fourth-order valence-corrected chi connectivity index (χ4v) is 2.01. The molecular weight excluding hydrogens is 232 g/mol. The first-order valence-corrected chi connectivity index (χ1v) is 6.06. The summed E-state index contributed by atoms with van der Waals surface area (Å²) in [6.07, 6.45) is 0. The molecule has 0 saturated carbocycles. The van der Waals surface area contributed by atoms with Gasteiger partial charge in [0.25, 0.3) is 0 Å². The molecule has 1 aromatic rings. The lowest BCUT2D eigenvalue weighted by Gasteiger charge is -2.18. The topological polar surface area (TPSA) is 54.0 Å². The Labute approximate surface area is 107 Å². The maximum absolute atomic E-state index is 9.88. The van der Waals surface area contributed by atoms with E-state index in [-0.39, 0.29) is 12.5 Å². The van der Waals surface area contributed by atoms with Gasteiger partial charge in [0.2, 0.25) is 6.79 Å². The van der Waals surface area contributed by atoms with Crippen LogP contribution < -0.4 is 14.8 Å². The van der Waals surface area contributed by atoms with Gasteiger partial charge in [-0.15, -0.1) is 0 Å². The van der Waals surface area contributed by atoms with E-state index in [0.29, 0.717) is 24.1 Å². The minimum absolute atomic E-state index is 0.225. The van der Waals surface area contributed by atoms with Gasteiger partial charge < -0.3 is 24.8 Å². The number of ether oxygens (including phenoxy) is 2. The second kappa shape index (κ2) is 5.46. The number of likely N-dealkylation sites (N-methyl/N-ethyl adjacent to an activating group) is 1. The van der Waals surface area contributed by atoms with Crippen molar-refractivity contribution in [2.45, 2.75) is 19.5 Å². The monoisotopic (exact) mass is 252 g/mol. The van der Waals surface area contributed by atoms with Crippen LogP contribution >= 0.6 is 0 Å². The number of nitrogens with one attached hydrogen (secondary N) is 1. The second-order valence-corrected chi connectivity index (χ2v) is 4.88. The zero-order chi connectivity index (χ0) is 13.1. The van der Waals surface area contributed by atoms with Crippen LogP contribution in [0.5, 0.6) is 17.2 Å². The minimum atomic E-state index is 0.225. The highest BCUT2D eigenvalue weighted by atomic mass is 16.7. The molecule has 0 radical (unpaired) electrons. The van der Waals surface area contributed by atoms with Crippen LogP contribution in [0.3, 0.4) is 0 Å². The predicted molar refractivity (Wildman–Crippen MR) is 69.1 cm³/mol. The Hall–Kier alpha value is -1.46. The summed E-state index contributed by atoms with van der Waals surface area (Å²) in [5.74, 6) is 1.55. The number of phenolic OH excluding ortho intramolecular Hbond substituents is 1. The normalized spacial score (nSPS) is 15.1. The molecule has 0 fully saturated rings. The van der Waals surface area contributed by atoms with E-state index in [1.165, 1.54) is 0 Å². The number of phenols is 1. The van der Waals surface area contributed by atoms with Crippen molar-refractivity contribution in [2.24, 2.45) is 0 Å². The Bertz CT molecular complexity index is 421. The lowest BCUT2D eigenvalue weighted by molar-refractivity contribution is 0.174. The average Bonchev–Trinajstić information content (AvgIpc) is 2.71. The first kappa shape index (κ1) is 13.0. The molecular formula is C13H20N2O3. The maximum atomic E-state index is 9.88. The van der Waals surface area contributed by atoms with Gasteiger partial charge in [0.05, 0.1) is 0 Å². The average molecular weight is 252 g/mol. The smallest absolute Gasteiger partial charge is 0.231 e. The summed E-state index contributed by atoms with van der Waals surface area (Å²) >= 11 is 0. The molecule has 2 rings (SSSR count). The summed E-state index contributed by atoms with van der Waals surface area (Å²) in [5, 5.41) is 13.2. The third-order valence-electron chi connectivity index (χ3n) is 2.85. The number of nitrogens with zero attached hydrogens (tertiary/aromatic N) is 1. The molecule has 0 aromatic heterocycles. The van der Waals surface area contributed by atoms with Gasteiger partial charge in [-0.2, -0.15) is 0 Å². The standard InChI is InChI=1S/C13H20N2O3/c1-9(7-15(2)3)14-6-10-4-12-13(5-11(10)16)18-8-17-12/h4-5,9,14,16H,6-8H2,1-3H3. The number of rotatable bonds is 5. The van der Waals surface area contributed by atoms with E-state index in [1.807, 2.05) is 20.2 Å². The molecule has 1 heterocycles. The molecule has 18 heavy (non-hydrogen) atoms. The second-order valence-electron chi connectivity index (χ2n) is 4.88. The zero-order valence-electron chi connectivity index (χ0n) is 11.1. The van der Waals surface area contributed by atoms with Crippen molar-refractivity contribution >= 4 is 0 Å². The fraction of sp³-hybridized carbons (Fsp3) is 0.538. The molecule has 5 heteroatoms. The lowest BCUT2D eigenvalue weighted by atomic mass is 10.1. The van der Waals surface area contributed by atoms with Crippen LogP contribution in [-0.2, 0) is 6.54 Å². The van der Waals surface area contributed by atoms with Crippen molar-refractivity contribution in [2.75, 3.05) is 27.4 Å². The van der Waals surface area contributed by atoms with Crippen LogP contribution in [0.15, 0.2) is 12.1 Å². The van der Waals surface area contributed by atoms with Gasteiger partial charge in [-0.05, 0) is 27.1 Å². The summed E-state index contributed by atoms with van der Waals surface area (Å²) < 4.78 is 10.5. The lowest BCUT2D eigenvalue weighted by Crippen LogP contribution is -2.35. The van der Waals surface area contributed by atoms with Gasteiger partial charge in [-0.3, -0.25) is 0 Å². The summed E-state index contributed by atoms with van der Waals surface area (Å²) in [7, 11) is 4.08. The van der Waals surface area contributed by atoms with E-state index in [4.69, 9.17) is 9.47 Å². The van der Waals surface area contributed by atoms with Gasteiger partial charge in [0.1, 0.15) is 5.75 Å². The first-order chi connectivity index (χ1) is 8.56. The molecule has 0 amide bonds. The molecule has 5 nitrogen and oxygen atoms in total. The first-order valence-electron chi connectivity index (χ1n) is 6.06. The third kappa shape index (κ3) is 3.05. The van der Waals surface area contributed by atoms with Gasteiger partial charge >= 0.3 is 0 Å². The van der Waals surface area contributed by atoms with Crippen molar-refractivity contribution < 1.29 is 14.6 Å². The zero-order valence-corrected chi connectivity index (χ0v) is 11.1. The Balaban J connectivity index is 1.97. The number of hydrogen-bond acceptors (Lipinski definition) is 5. The third-order valence-corrected chi connectivity index (χ3v) is 2.85. The van der Waals surface area contributed by atoms with Crippen molar-refractivity contribution in [3.63, 3.8) is 0 Å².